The number of sulfonamides is 1. The SMILES string of the molecule is NN=CNc1cccc(C(=O)NN([C@@H](Cc2ccccc2)C(=O)O)S(=O)(=O)c2ccccc2)c1. The second-order valence-electron chi connectivity index (χ2n) is 7.10. The lowest BCUT2D eigenvalue weighted by atomic mass is 10.1. The van der Waals surface area contributed by atoms with Crippen molar-refractivity contribution in [3.63, 3.8) is 0 Å². The fourth-order valence-electron chi connectivity index (χ4n) is 3.15. The molecule has 0 heterocycles. The van der Waals surface area contributed by atoms with Gasteiger partial charge in [0.05, 0.1) is 4.90 Å². The van der Waals surface area contributed by atoms with E-state index in [1.807, 2.05) is 0 Å². The molecule has 0 unspecified atom stereocenters. The second kappa shape index (κ2) is 11.1. The lowest BCUT2D eigenvalue weighted by Gasteiger charge is -2.28. The van der Waals surface area contributed by atoms with Crippen molar-refractivity contribution in [3.8, 4) is 0 Å². The predicted molar refractivity (Wildman–Crippen MR) is 127 cm³/mol. The summed E-state index contributed by atoms with van der Waals surface area (Å²) in [4.78, 5) is 25.1. The summed E-state index contributed by atoms with van der Waals surface area (Å²) < 4.78 is 27.4. The summed E-state index contributed by atoms with van der Waals surface area (Å²) in [6.07, 6.45) is 1.04. The van der Waals surface area contributed by atoms with E-state index >= 15 is 0 Å². The Labute approximate surface area is 196 Å². The Hall–Kier alpha value is -4.22. The number of carboxylic acid groups (broad SMARTS) is 1. The van der Waals surface area contributed by atoms with Crippen LogP contribution in [0.4, 0.5) is 5.69 Å². The van der Waals surface area contributed by atoms with E-state index in [2.05, 4.69) is 15.8 Å². The van der Waals surface area contributed by atoms with Crippen molar-refractivity contribution in [2.45, 2.75) is 17.4 Å². The monoisotopic (exact) mass is 481 g/mol. The molecular formula is C23H23N5O5S. The summed E-state index contributed by atoms with van der Waals surface area (Å²) >= 11 is 0. The molecule has 0 saturated heterocycles. The first-order valence-corrected chi connectivity index (χ1v) is 11.5. The Balaban J connectivity index is 2.01. The molecule has 11 heteroatoms. The average molecular weight is 482 g/mol. The number of rotatable bonds is 10. The van der Waals surface area contributed by atoms with Gasteiger partial charge in [0, 0.05) is 17.7 Å². The molecule has 3 rings (SSSR count). The van der Waals surface area contributed by atoms with Crippen molar-refractivity contribution in [1.82, 2.24) is 9.84 Å². The van der Waals surface area contributed by atoms with Crippen LogP contribution >= 0.6 is 0 Å². The molecule has 0 bridgehead atoms. The van der Waals surface area contributed by atoms with Crippen LogP contribution < -0.4 is 16.6 Å². The number of carbonyl (C=O) groups excluding carboxylic acids is 1. The minimum Gasteiger partial charge on any atom is -0.480 e. The molecule has 0 aliphatic heterocycles. The Bertz CT molecular complexity index is 1270. The van der Waals surface area contributed by atoms with Crippen LogP contribution in [0.5, 0.6) is 0 Å². The van der Waals surface area contributed by atoms with Crippen LogP contribution in [0.2, 0.25) is 0 Å². The number of carboxylic acids is 1. The fraction of sp³-hybridized carbons (Fsp3) is 0.0870. The maximum atomic E-state index is 13.4. The molecular weight excluding hydrogens is 458 g/mol. The van der Waals surface area contributed by atoms with Crippen LogP contribution in [0.25, 0.3) is 0 Å². The van der Waals surface area contributed by atoms with Crippen LogP contribution in [0, 0.1) is 0 Å². The maximum absolute atomic E-state index is 13.4. The highest BCUT2D eigenvalue weighted by molar-refractivity contribution is 7.89. The smallest absolute Gasteiger partial charge is 0.324 e. The van der Waals surface area contributed by atoms with E-state index in [0.717, 1.165) is 0 Å². The highest BCUT2D eigenvalue weighted by Gasteiger charge is 2.38. The Kier molecular flexibility index (Phi) is 7.96. The maximum Gasteiger partial charge on any atom is 0.324 e. The highest BCUT2D eigenvalue weighted by atomic mass is 32.2. The number of hydrazone groups is 1. The minimum atomic E-state index is -4.43. The van der Waals surface area contributed by atoms with E-state index in [1.165, 1.54) is 42.7 Å². The van der Waals surface area contributed by atoms with Crippen LogP contribution in [0.15, 0.2) is 94.9 Å². The van der Waals surface area contributed by atoms with E-state index < -0.39 is 27.9 Å². The van der Waals surface area contributed by atoms with Crippen LogP contribution in [0.3, 0.4) is 0 Å². The summed E-state index contributed by atoms with van der Waals surface area (Å²) in [6.45, 7) is 0. The molecule has 0 saturated carbocycles. The number of nitrogens with two attached hydrogens (primary N) is 1. The third kappa shape index (κ3) is 5.97. The third-order valence-electron chi connectivity index (χ3n) is 4.78. The van der Waals surface area contributed by atoms with Crippen LogP contribution in [-0.2, 0) is 21.2 Å². The predicted octanol–water partition coefficient (Wildman–Crippen LogP) is 2.03. The molecule has 0 spiro atoms. The van der Waals surface area contributed by atoms with E-state index in [4.69, 9.17) is 5.84 Å². The number of hydrazine groups is 1. The summed E-state index contributed by atoms with van der Waals surface area (Å²) in [5, 5.41) is 16.0. The molecule has 176 valence electrons. The quantitative estimate of drug-likeness (QED) is 0.149. The minimum absolute atomic E-state index is 0.0903. The lowest BCUT2D eigenvalue weighted by molar-refractivity contribution is -0.142. The molecule has 1 atom stereocenters. The number of anilines is 1. The third-order valence-corrected chi connectivity index (χ3v) is 6.51. The molecule has 0 aromatic heterocycles. The van der Waals surface area contributed by atoms with Crippen molar-refractivity contribution < 1.29 is 23.1 Å². The number of benzene rings is 3. The summed E-state index contributed by atoms with van der Waals surface area (Å²) in [6, 6.07) is 20.3. The van der Waals surface area contributed by atoms with Crippen molar-refractivity contribution in [3.05, 3.63) is 96.1 Å². The van der Waals surface area contributed by atoms with Gasteiger partial charge in [-0.25, -0.2) is 8.42 Å². The van der Waals surface area contributed by atoms with E-state index in [9.17, 15) is 23.1 Å². The molecule has 0 aliphatic rings. The molecule has 0 aliphatic carbocycles. The molecule has 1 amide bonds. The number of carbonyl (C=O) groups is 2. The van der Waals surface area contributed by atoms with E-state index in [1.54, 1.807) is 48.5 Å². The van der Waals surface area contributed by atoms with Gasteiger partial charge in [0.15, 0.2) is 0 Å². The molecule has 0 fully saturated rings. The second-order valence-corrected chi connectivity index (χ2v) is 8.92. The molecule has 10 nitrogen and oxygen atoms in total. The molecule has 34 heavy (non-hydrogen) atoms. The first-order chi connectivity index (χ1) is 16.3. The van der Waals surface area contributed by atoms with Gasteiger partial charge >= 0.3 is 5.97 Å². The van der Waals surface area contributed by atoms with Crippen LogP contribution in [-0.4, -0.2) is 42.2 Å². The zero-order valence-electron chi connectivity index (χ0n) is 17.9. The Morgan fingerprint density at radius 2 is 1.65 bits per heavy atom. The van der Waals surface area contributed by atoms with Gasteiger partial charge in [-0.1, -0.05) is 59.0 Å². The largest absolute Gasteiger partial charge is 0.480 e. The number of hydrogen-bond donors (Lipinski definition) is 4. The number of hydrogen-bond acceptors (Lipinski definition) is 6. The normalized spacial score (nSPS) is 12.4. The van der Waals surface area contributed by atoms with Gasteiger partial charge in [0.1, 0.15) is 12.4 Å². The highest BCUT2D eigenvalue weighted by Crippen LogP contribution is 2.20. The number of amides is 1. The zero-order valence-corrected chi connectivity index (χ0v) is 18.7. The van der Waals surface area contributed by atoms with E-state index in [0.29, 0.717) is 15.7 Å². The molecule has 5 N–H and O–H groups in total. The zero-order chi connectivity index (χ0) is 24.6. The van der Waals surface area contributed by atoms with Crippen molar-refractivity contribution in [1.29, 1.82) is 0 Å². The summed E-state index contributed by atoms with van der Waals surface area (Å²) in [5.74, 6) is 2.84. The summed E-state index contributed by atoms with van der Waals surface area (Å²) in [5.41, 5.74) is 3.45. The first kappa shape index (κ1) is 24.4. The molecule has 3 aromatic carbocycles. The van der Waals surface area contributed by atoms with Gasteiger partial charge in [-0.2, -0.15) is 5.10 Å². The van der Waals surface area contributed by atoms with Gasteiger partial charge in [0.25, 0.3) is 15.9 Å². The average Bonchev–Trinajstić information content (AvgIpc) is 2.85. The lowest BCUT2D eigenvalue weighted by Crippen LogP contribution is -2.55. The van der Waals surface area contributed by atoms with Crippen LogP contribution in [0.1, 0.15) is 15.9 Å². The fourth-order valence-corrected chi connectivity index (χ4v) is 4.58. The van der Waals surface area contributed by atoms with Gasteiger partial charge in [-0.15, -0.1) is 0 Å². The standard InChI is InChI=1S/C23H23N5O5S/c24-26-16-25-19-11-7-10-18(15-19)22(29)27-28(34(32,33)20-12-5-2-6-13-20)21(23(30)31)14-17-8-3-1-4-9-17/h1-13,15-16,21H,14,24H2,(H,25,26)(H,27,29)(H,30,31)/t21-/m0/s1. The van der Waals surface area contributed by atoms with Crippen molar-refractivity contribution in [2.24, 2.45) is 10.9 Å². The van der Waals surface area contributed by atoms with Gasteiger partial charge in [-0.05, 0) is 35.9 Å². The molecule has 0 radical (unpaired) electrons. The Morgan fingerprint density at radius 1 is 1.00 bits per heavy atom. The molecule has 3 aromatic rings. The summed E-state index contributed by atoms with van der Waals surface area (Å²) in [7, 11) is -4.43. The number of aliphatic carboxylic acids is 1. The van der Waals surface area contributed by atoms with Crippen molar-refractivity contribution >= 4 is 33.9 Å². The number of nitrogens with one attached hydrogen (secondary N) is 2. The van der Waals surface area contributed by atoms with Gasteiger partial charge < -0.3 is 16.3 Å². The first-order valence-electron chi connectivity index (χ1n) is 10.1. The van der Waals surface area contributed by atoms with Gasteiger partial charge in [0.2, 0.25) is 0 Å². The van der Waals surface area contributed by atoms with Gasteiger partial charge in [-0.3, -0.25) is 15.0 Å². The van der Waals surface area contributed by atoms with E-state index in [-0.39, 0.29) is 16.9 Å². The Morgan fingerprint density at radius 3 is 2.26 bits per heavy atom. The van der Waals surface area contributed by atoms with Crippen molar-refractivity contribution in [2.75, 3.05) is 5.32 Å². The topological polar surface area (TPSA) is 154 Å². The number of nitrogens with zero attached hydrogens (tertiary/aromatic N) is 2.